The molecule has 0 radical (unpaired) electrons. The summed E-state index contributed by atoms with van der Waals surface area (Å²) < 4.78 is 17.1. The van der Waals surface area contributed by atoms with Crippen molar-refractivity contribution in [1.29, 1.82) is 0 Å². The fourth-order valence-corrected chi connectivity index (χ4v) is 3.27. The second-order valence-electron chi connectivity index (χ2n) is 6.64. The molecule has 28 heavy (non-hydrogen) atoms. The Balaban J connectivity index is 1.62. The average molecular weight is 426 g/mol. The Bertz CT molecular complexity index is 811. The van der Waals surface area contributed by atoms with Crippen LogP contribution in [0.5, 0.6) is 11.6 Å². The molecular weight excluding hydrogens is 405 g/mol. The Morgan fingerprint density at radius 2 is 2.00 bits per heavy atom. The number of methoxy groups -OCH3 is 1. The van der Waals surface area contributed by atoms with Crippen LogP contribution in [-0.2, 0) is 9.53 Å². The first-order valence-electron chi connectivity index (χ1n) is 8.91. The molecule has 3 rings (SSSR count). The highest BCUT2D eigenvalue weighted by Gasteiger charge is 2.34. The van der Waals surface area contributed by atoms with Crippen LogP contribution in [0.3, 0.4) is 0 Å². The molecule has 1 aromatic carbocycles. The fourth-order valence-electron chi connectivity index (χ4n) is 2.84. The van der Waals surface area contributed by atoms with Crippen molar-refractivity contribution in [2.45, 2.75) is 31.5 Å². The van der Waals surface area contributed by atoms with Gasteiger partial charge in [-0.25, -0.2) is 4.98 Å². The minimum Gasteiger partial charge on any atom is -0.487 e. The van der Waals surface area contributed by atoms with E-state index in [1.165, 1.54) is 13.3 Å². The van der Waals surface area contributed by atoms with Crippen LogP contribution in [0.1, 0.15) is 30.9 Å². The predicted octanol–water partition coefficient (Wildman–Crippen LogP) is 4.79. The summed E-state index contributed by atoms with van der Waals surface area (Å²) in [6.45, 7) is 0.320. The number of pyridine rings is 1. The van der Waals surface area contributed by atoms with Gasteiger partial charge in [0.05, 0.1) is 17.5 Å². The van der Waals surface area contributed by atoms with Crippen molar-refractivity contribution >= 4 is 29.2 Å². The smallest absolute Gasteiger partial charge is 0.306 e. The zero-order chi connectivity index (χ0) is 20.1. The maximum absolute atomic E-state index is 10.9. The number of carboxylic acid groups (broad SMARTS) is 1. The highest BCUT2D eigenvalue weighted by molar-refractivity contribution is 6.35. The Morgan fingerprint density at radius 3 is 2.57 bits per heavy atom. The van der Waals surface area contributed by atoms with E-state index in [1.807, 2.05) is 24.3 Å². The summed E-state index contributed by atoms with van der Waals surface area (Å²) in [4.78, 5) is 15.0. The molecule has 0 amide bonds. The van der Waals surface area contributed by atoms with Crippen molar-refractivity contribution < 1.29 is 24.1 Å². The minimum atomic E-state index is -0.910. The van der Waals surface area contributed by atoms with Crippen molar-refractivity contribution in [2.75, 3.05) is 13.7 Å². The van der Waals surface area contributed by atoms with Crippen LogP contribution in [0.2, 0.25) is 10.0 Å². The van der Waals surface area contributed by atoms with Crippen LogP contribution in [0.25, 0.3) is 0 Å². The first-order valence-corrected chi connectivity index (χ1v) is 9.67. The zero-order valence-electron chi connectivity index (χ0n) is 15.3. The molecule has 1 aromatic heterocycles. The second-order valence-corrected chi connectivity index (χ2v) is 7.48. The van der Waals surface area contributed by atoms with E-state index < -0.39 is 12.1 Å². The maximum atomic E-state index is 10.9. The molecule has 150 valence electrons. The number of carboxylic acids is 1. The van der Waals surface area contributed by atoms with Gasteiger partial charge < -0.3 is 19.3 Å². The van der Waals surface area contributed by atoms with Crippen LogP contribution in [0.4, 0.5) is 0 Å². The topological polar surface area (TPSA) is 77.9 Å². The molecule has 1 aliphatic rings. The van der Waals surface area contributed by atoms with Crippen molar-refractivity contribution in [1.82, 2.24) is 4.98 Å². The first kappa shape index (κ1) is 20.7. The minimum absolute atomic E-state index is 0.0932. The van der Waals surface area contributed by atoms with Crippen LogP contribution in [-0.4, -0.2) is 35.9 Å². The molecule has 2 atom stereocenters. The molecule has 1 heterocycles. The molecule has 8 heteroatoms. The lowest BCUT2D eigenvalue weighted by molar-refractivity contribution is -0.139. The van der Waals surface area contributed by atoms with Gasteiger partial charge in [-0.2, -0.15) is 0 Å². The molecular formula is C20H21Cl2NO5. The van der Waals surface area contributed by atoms with Crippen molar-refractivity contribution in [3.8, 4) is 11.6 Å². The number of hydrogen-bond acceptors (Lipinski definition) is 5. The number of halogens is 2. The number of ether oxygens (including phenoxy) is 3. The molecule has 1 fully saturated rings. The summed E-state index contributed by atoms with van der Waals surface area (Å²) in [5.74, 6) is 0.522. The summed E-state index contributed by atoms with van der Waals surface area (Å²) in [6, 6.07) is 8.84. The summed E-state index contributed by atoms with van der Waals surface area (Å²) in [7, 11) is 1.49. The van der Waals surface area contributed by atoms with E-state index in [2.05, 4.69) is 4.98 Å². The third-order valence-corrected chi connectivity index (χ3v) is 4.97. The van der Waals surface area contributed by atoms with Crippen molar-refractivity contribution in [3.05, 3.63) is 52.1 Å². The molecule has 2 aromatic rings. The number of rotatable bonds is 10. The summed E-state index contributed by atoms with van der Waals surface area (Å²) in [5, 5.41) is 9.77. The molecule has 1 aliphatic carbocycles. The third-order valence-electron chi connectivity index (χ3n) is 4.49. The van der Waals surface area contributed by atoms with E-state index in [0.29, 0.717) is 34.2 Å². The Hall–Kier alpha value is -2.02. The standard InChI is InChI=1S/C20H21Cl2NO5/c1-26-17(9-19(24)25)12-4-6-15(7-5-12)28-18(13-2-3-13)11-27-20-16(22)8-14(21)10-23-20/h4-8,10,13,17-18H,2-3,9,11H2,1H3,(H,24,25). The fraction of sp³-hybridized carbons (Fsp3) is 0.400. The summed E-state index contributed by atoms with van der Waals surface area (Å²) >= 11 is 12.0. The Morgan fingerprint density at radius 1 is 1.29 bits per heavy atom. The Kier molecular flexibility index (Phi) is 6.99. The monoisotopic (exact) mass is 425 g/mol. The van der Waals surface area contributed by atoms with Gasteiger partial charge in [0.25, 0.3) is 0 Å². The molecule has 0 aliphatic heterocycles. The van der Waals surface area contributed by atoms with Crippen LogP contribution >= 0.6 is 23.2 Å². The largest absolute Gasteiger partial charge is 0.487 e. The molecule has 0 saturated heterocycles. The predicted molar refractivity (Wildman–Crippen MR) is 105 cm³/mol. The van der Waals surface area contributed by atoms with Gasteiger partial charge in [0.15, 0.2) is 0 Å². The van der Waals surface area contributed by atoms with Gasteiger partial charge in [-0.3, -0.25) is 4.79 Å². The Labute approximate surface area is 173 Å². The molecule has 1 saturated carbocycles. The molecule has 1 N–H and O–H groups in total. The molecule has 6 nitrogen and oxygen atoms in total. The lowest BCUT2D eigenvalue weighted by atomic mass is 10.1. The van der Waals surface area contributed by atoms with E-state index in [4.69, 9.17) is 42.5 Å². The number of aliphatic carboxylic acids is 1. The number of aromatic nitrogens is 1. The van der Waals surface area contributed by atoms with Gasteiger partial charge in [0.2, 0.25) is 5.88 Å². The molecule has 0 bridgehead atoms. The number of benzene rings is 1. The number of carbonyl (C=O) groups is 1. The SMILES string of the molecule is COC(CC(=O)O)c1ccc(OC(COc2ncc(Cl)cc2Cl)C2CC2)cc1. The van der Waals surface area contributed by atoms with Crippen molar-refractivity contribution in [3.63, 3.8) is 0 Å². The average Bonchev–Trinajstić information content (AvgIpc) is 3.50. The molecule has 2 unspecified atom stereocenters. The normalized spacial score (nSPS) is 15.7. The number of nitrogens with zero attached hydrogens (tertiary/aromatic N) is 1. The van der Waals surface area contributed by atoms with Crippen molar-refractivity contribution in [2.24, 2.45) is 5.92 Å². The van der Waals surface area contributed by atoms with Gasteiger partial charge in [0.1, 0.15) is 23.5 Å². The zero-order valence-corrected chi connectivity index (χ0v) is 16.8. The third kappa shape index (κ3) is 5.74. The van der Waals surface area contributed by atoms with Crippen LogP contribution < -0.4 is 9.47 Å². The molecule has 0 spiro atoms. The van der Waals surface area contributed by atoms with E-state index >= 15 is 0 Å². The number of hydrogen-bond donors (Lipinski definition) is 1. The quantitative estimate of drug-likeness (QED) is 0.589. The highest BCUT2D eigenvalue weighted by Crippen LogP contribution is 2.36. The van der Waals surface area contributed by atoms with Gasteiger partial charge in [-0.05, 0) is 42.5 Å². The second kappa shape index (κ2) is 9.45. The summed E-state index contributed by atoms with van der Waals surface area (Å²) in [5.41, 5.74) is 0.786. The van der Waals surface area contributed by atoms with E-state index in [-0.39, 0.29) is 12.5 Å². The highest BCUT2D eigenvalue weighted by atomic mass is 35.5. The van der Waals surface area contributed by atoms with Gasteiger partial charge >= 0.3 is 5.97 Å². The van der Waals surface area contributed by atoms with Gasteiger partial charge in [0, 0.05) is 13.3 Å². The van der Waals surface area contributed by atoms with E-state index in [1.54, 1.807) is 6.07 Å². The van der Waals surface area contributed by atoms with Crippen LogP contribution in [0.15, 0.2) is 36.5 Å². The van der Waals surface area contributed by atoms with E-state index in [0.717, 1.165) is 18.4 Å². The lowest BCUT2D eigenvalue weighted by Crippen LogP contribution is -2.27. The summed E-state index contributed by atoms with van der Waals surface area (Å²) in [6.07, 6.45) is 2.93. The lowest BCUT2D eigenvalue weighted by Gasteiger charge is -2.20. The van der Waals surface area contributed by atoms with Gasteiger partial charge in [-0.1, -0.05) is 35.3 Å². The maximum Gasteiger partial charge on any atom is 0.306 e. The van der Waals surface area contributed by atoms with Gasteiger partial charge in [-0.15, -0.1) is 0 Å². The van der Waals surface area contributed by atoms with Crippen LogP contribution in [0, 0.1) is 5.92 Å². The first-order chi connectivity index (χ1) is 13.5. The van der Waals surface area contributed by atoms with E-state index in [9.17, 15) is 4.79 Å².